The lowest BCUT2D eigenvalue weighted by Gasteiger charge is -2.20. The number of alkyl halides is 1. The van der Waals surface area contributed by atoms with Crippen molar-refractivity contribution in [1.82, 2.24) is 4.90 Å². The van der Waals surface area contributed by atoms with Crippen molar-refractivity contribution in [3.05, 3.63) is 35.6 Å². The molecule has 2 nitrogen and oxygen atoms in total. The Labute approximate surface area is 110 Å². The molecule has 0 aromatic heterocycles. The van der Waals surface area contributed by atoms with Gasteiger partial charge in [0.15, 0.2) is 0 Å². The molecule has 1 aromatic rings. The number of benzene rings is 1. The smallest absolute Gasteiger partial charge is 0.226 e. The van der Waals surface area contributed by atoms with Crippen LogP contribution in [0.1, 0.15) is 18.9 Å². The topological polar surface area (TPSA) is 20.3 Å². The molecule has 94 valence electrons. The summed E-state index contributed by atoms with van der Waals surface area (Å²) in [6.45, 7) is 3.40. The van der Waals surface area contributed by atoms with Crippen LogP contribution in [0.5, 0.6) is 0 Å². The summed E-state index contributed by atoms with van der Waals surface area (Å²) in [5.41, 5.74) is 0.729. The van der Waals surface area contributed by atoms with Crippen LogP contribution in [0.4, 0.5) is 4.39 Å². The SMILES string of the molecule is CCN(CCCBr)C(=O)Cc1cccc(F)c1. The van der Waals surface area contributed by atoms with Crippen LogP contribution in [0.25, 0.3) is 0 Å². The Morgan fingerprint density at radius 2 is 2.24 bits per heavy atom. The van der Waals surface area contributed by atoms with Gasteiger partial charge in [0.05, 0.1) is 6.42 Å². The molecule has 0 saturated carbocycles. The number of carbonyl (C=O) groups excluding carboxylic acids is 1. The van der Waals surface area contributed by atoms with Crippen molar-refractivity contribution in [3.8, 4) is 0 Å². The molecule has 0 spiro atoms. The van der Waals surface area contributed by atoms with Crippen LogP contribution in [-0.2, 0) is 11.2 Å². The minimum Gasteiger partial charge on any atom is -0.343 e. The zero-order chi connectivity index (χ0) is 12.7. The predicted octanol–water partition coefficient (Wildman–Crippen LogP) is 3.00. The normalized spacial score (nSPS) is 10.3. The molecule has 0 bridgehead atoms. The lowest BCUT2D eigenvalue weighted by Crippen LogP contribution is -2.33. The van der Waals surface area contributed by atoms with E-state index < -0.39 is 0 Å². The van der Waals surface area contributed by atoms with Gasteiger partial charge in [0.25, 0.3) is 0 Å². The number of hydrogen-bond donors (Lipinski definition) is 0. The summed E-state index contributed by atoms with van der Waals surface area (Å²) in [7, 11) is 0. The Balaban J connectivity index is 2.57. The third-order valence-electron chi connectivity index (χ3n) is 2.54. The highest BCUT2D eigenvalue weighted by molar-refractivity contribution is 9.09. The molecule has 0 aliphatic rings. The van der Waals surface area contributed by atoms with Gasteiger partial charge in [0.2, 0.25) is 5.91 Å². The molecule has 1 amide bonds. The van der Waals surface area contributed by atoms with Crippen molar-refractivity contribution >= 4 is 21.8 Å². The van der Waals surface area contributed by atoms with Gasteiger partial charge in [-0.1, -0.05) is 28.1 Å². The summed E-state index contributed by atoms with van der Waals surface area (Å²) in [5, 5.41) is 0.886. The molecule has 1 rings (SSSR count). The van der Waals surface area contributed by atoms with Crippen molar-refractivity contribution in [2.45, 2.75) is 19.8 Å². The summed E-state index contributed by atoms with van der Waals surface area (Å²) in [4.78, 5) is 13.7. The van der Waals surface area contributed by atoms with E-state index >= 15 is 0 Å². The van der Waals surface area contributed by atoms with Crippen LogP contribution < -0.4 is 0 Å². The summed E-state index contributed by atoms with van der Waals surface area (Å²) in [5.74, 6) is -0.238. The quantitative estimate of drug-likeness (QED) is 0.740. The molecule has 0 atom stereocenters. The first-order chi connectivity index (χ1) is 8.17. The lowest BCUT2D eigenvalue weighted by molar-refractivity contribution is -0.130. The van der Waals surface area contributed by atoms with Crippen LogP contribution in [0.3, 0.4) is 0 Å². The number of nitrogens with zero attached hydrogens (tertiary/aromatic N) is 1. The number of carbonyl (C=O) groups is 1. The van der Waals surface area contributed by atoms with Gasteiger partial charge in [-0.15, -0.1) is 0 Å². The minimum absolute atomic E-state index is 0.0547. The number of amides is 1. The second-order valence-corrected chi connectivity index (χ2v) is 4.62. The zero-order valence-corrected chi connectivity index (χ0v) is 11.5. The second-order valence-electron chi connectivity index (χ2n) is 3.82. The van der Waals surface area contributed by atoms with Crippen molar-refractivity contribution in [2.75, 3.05) is 18.4 Å². The summed E-state index contributed by atoms with van der Waals surface area (Å²) >= 11 is 3.34. The number of halogens is 2. The standard InChI is InChI=1S/C13H17BrFNO/c1-2-16(8-4-7-14)13(17)10-11-5-3-6-12(15)9-11/h3,5-6,9H,2,4,7-8,10H2,1H3. The molecule has 1 aromatic carbocycles. The highest BCUT2D eigenvalue weighted by Gasteiger charge is 2.11. The third-order valence-corrected chi connectivity index (χ3v) is 3.10. The number of rotatable bonds is 6. The third kappa shape index (κ3) is 4.86. The molecule has 0 fully saturated rings. The predicted molar refractivity (Wildman–Crippen MR) is 70.8 cm³/mol. The summed E-state index contributed by atoms with van der Waals surface area (Å²) in [6.07, 6.45) is 1.20. The maximum Gasteiger partial charge on any atom is 0.226 e. The average Bonchev–Trinajstić information content (AvgIpc) is 2.30. The van der Waals surface area contributed by atoms with E-state index in [4.69, 9.17) is 0 Å². The average molecular weight is 302 g/mol. The molecule has 0 aliphatic carbocycles. The van der Waals surface area contributed by atoms with Gasteiger partial charge >= 0.3 is 0 Å². The van der Waals surface area contributed by atoms with Crippen LogP contribution in [-0.4, -0.2) is 29.2 Å². The fraction of sp³-hybridized carbons (Fsp3) is 0.462. The van der Waals surface area contributed by atoms with E-state index in [0.717, 1.165) is 23.9 Å². The summed E-state index contributed by atoms with van der Waals surface area (Å²) in [6, 6.07) is 6.21. The van der Waals surface area contributed by atoms with Gasteiger partial charge in [-0.2, -0.15) is 0 Å². The fourth-order valence-corrected chi connectivity index (χ4v) is 1.89. The molecule has 17 heavy (non-hydrogen) atoms. The number of hydrogen-bond acceptors (Lipinski definition) is 1. The Hall–Kier alpha value is -0.900. The van der Waals surface area contributed by atoms with Gasteiger partial charge in [0, 0.05) is 18.4 Å². The van der Waals surface area contributed by atoms with Crippen LogP contribution in [0, 0.1) is 5.82 Å². The van der Waals surface area contributed by atoms with Crippen LogP contribution in [0.15, 0.2) is 24.3 Å². The van der Waals surface area contributed by atoms with Gasteiger partial charge in [0.1, 0.15) is 5.82 Å². The molecule has 0 N–H and O–H groups in total. The minimum atomic E-state index is -0.293. The van der Waals surface area contributed by atoms with E-state index in [1.807, 2.05) is 6.92 Å². The second kappa shape index (κ2) is 7.43. The summed E-state index contributed by atoms with van der Waals surface area (Å²) < 4.78 is 13.0. The zero-order valence-electron chi connectivity index (χ0n) is 9.96. The Bertz CT molecular complexity index is 370. The van der Waals surface area contributed by atoms with Crippen molar-refractivity contribution in [1.29, 1.82) is 0 Å². The van der Waals surface area contributed by atoms with Gasteiger partial charge < -0.3 is 4.90 Å². The monoisotopic (exact) mass is 301 g/mol. The van der Waals surface area contributed by atoms with E-state index in [9.17, 15) is 9.18 Å². The van der Waals surface area contributed by atoms with E-state index in [1.54, 1.807) is 17.0 Å². The molecule has 0 aliphatic heterocycles. The largest absolute Gasteiger partial charge is 0.343 e. The molecule has 0 radical (unpaired) electrons. The van der Waals surface area contributed by atoms with Gasteiger partial charge in [-0.05, 0) is 31.0 Å². The first-order valence-corrected chi connectivity index (χ1v) is 6.87. The molecule has 4 heteroatoms. The lowest BCUT2D eigenvalue weighted by atomic mass is 10.1. The van der Waals surface area contributed by atoms with Crippen LogP contribution >= 0.6 is 15.9 Å². The molecule has 0 saturated heterocycles. The maximum atomic E-state index is 13.0. The first kappa shape index (κ1) is 14.2. The Morgan fingerprint density at radius 1 is 1.47 bits per heavy atom. The van der Waals surface area contributed by atoms with E-state index in [0.29, 0.717) is 6.54 Å². The molecular weight excluding hydrogens is 285 g/mol. The Kier molecular flexibility index (Phi) is 6.19. The van der Waals surface area contributed by atoms with Crippen molar-refractivity contribution in [2.24, 2.45) is 0 Å². The molecular formula is C13H17BrFNO. The first-order valence-electron chi connectivity index (χ1n) is 5.75. The molecule has 0 heterocycles. The van der Waals surface area contributed by atoms with E-state index in [-0.39, 0.29) is 18.1 Å². The highest BCUT2D eigenvalue weighted by Crippen LogP contribution is 2.07. The molecule has 0 unspecified atom stereocenters. The van der Waals surface area contributed by atoms with Crippen molar-refractivity contribution in [3.63, 3.8) is 0 Å². The Morgan fingerprint density at radius 3 is 2.82 bits per heavy atom. The number of likely N-dealkylation sites (N-methyl/N-ethyl adjacent to an activating group) is 1. The van der Waals surface area contributed by atoms with Crippen molar-refractivity contribution < 1.29 is 9.18 Å². The van der Waals surface area contributed by atoms with Gasteiger partial charge in [-0.3, -0.25) is 4.79 Å². The fourth-order valence-electron chi connectivity index (χ4n) is 1.64. The van der Waals surface area contributed by atoms with E-state index in [1.165, 1.54) is 12.1 Å². The van der Waals surface area contributed by atoms with Gasteiger partial charge in [-0.25, -0.2) is 4.39 Å². The maximum absolute atomic E-state index is 13.0. The van der Waals surface area contributed by atoms with E-state index in [2.05, 4.69) is 15.9 Å². The van der Waals surface area contributed by atoms with Crippen LogP contribution in [0.2, 0.25) is 0 Å². The highest BCUT2D eigenvalue weighted by atomic mass is 79.9.